The Balaban J connectivity index is 2.04. The van der Waals surface area contributed by atoms with E-state index in [1.165, 1.54) is 0 Å². The van der Waals surface area contributed by atoms with Crippen LogP contribution in [0.3, 0.4) is 0 Å². The molecule has 1 aliphatic heterocycles. The summed E-state index contributed by atoms with van der Waals surface area (Å²) >= 11 is 0. The third-order valence-electron chi connectivity index (χ3n) is 3.28. The van der Waals surface area contributed by atoms with Crippen LogP contribution < -0.4 is 5.01 Å². The van der Waals surface area contributed by atoms with Crippen molar-refractivity contribution in [1.82, 2.24) is 0 Å². The first-order chi connectivity index (χ1) is 8.58. The topological polar surface area (TPSA) is 32.7 Å². The number of carbonyl (C=O) groups is 1. The maximum atomic E-state index is 13.6. The van der Waals surface area contributed by atoms with Crippen molar-refractivity contribution in [3.05, 3.63) is 29.6 Å². The molecule has 1 heterocycles. The number of carbonyl (C=O) groups excluding carboxylic acids is 1. The van der Waals surface area contributed by atoms with Crippen LogP contribution in [0.15, 0.2) is 17.2 Å². The van der Waals surface area contributed by atoms with Gasteiger partial charge in [-0.15, -0.1) is 0 Å². The number of amides is 1. The van der Waals surface area contributed by atoms with E-state index in [4.69, 9.17) is 0 Å². The molecule has 0 saturated heterocycles. The van der Waals surface area contributed by atoms with Gasteiger partial charge >= 0.3 is 0 Å². The van der Waals surface area contributed by atoms with E-state index in [9.17, 15) is 18.0 Å². The molecule has 1 atom stereocenters. The summed E-state index contributed by atoms with van der Waals surface area (Å²) in [7, 11) is 0. The van der Waals surface area contributed by atoms with Crippen molar-refractivity contribution >= 4 is 17.3 Å². The lowest BCUT2D eigenvalue weighted by molar-refractivity contribution is -0.119. The average molecular weight is 254 g/mol. The Bertz CT molecular complexity index is 571. The molecule has 94 valence electrons. The molecule has 1 amide bonds. The van der Waals surface area contributed by atoms with Crippen molar-refractivity contribution in [2.45, 2.75) is 19.3 Å². The molecule has 0 bridgehead atoms. The molecule has 3 nitrogen and oxygen atoms in total. The largest absolute Gasteiger partial charge is 0.272 e. The standard InChI is InChI=1S/C12H9F3N2O/c13-7-4-9(15)11(5-8(7)14)17-12(18)6-2-1-3-10(6)16-17/h4-6H,1-3H2. The first kappa shape index (κ1) is 11.3. The van der Waals surface area contributed by atoms with Crippen molar-refractivity contribution in [3.8, 4) is 0 Å². The highest BCUT2D eigenvalue weighted by Crippen LogP contribution is 2.34. The van der Waals surface area contributed by atoms with Gasteiger partial charge in [0.25, 0.3) is 5.91 Å². The monoisotopic (exact) mass is 254 g/mol. The van der Waals surface area contributed by atoms with E-state index in [2.05, 4.69) is 5.10 Å². The minimum absolute atomic E-state index is 0.322. The number of hydrazone groups is 1. The quantitative estimate of drug-likeness (QED) is 0.709. The van der Waals surface area contributed by atoms with Gasteiger partial charge in [-0.1, -0.05) is 0 Å². The van der Waals surface area contributed by atoms with Crippen LogP contribution in [0.4, 0.5) is 18.9 Å². The van der Waals surface area contributed by atoms with Gasteiger partial charge in [-0.3, -0.25) is 4.79 Å². The van der Waals surface area contributed by atoms with Crippen LogP contribution in [-0.4, -0.2) is 11.6 Å². The lowest BCUT2D eigenvalue weighted by Crippen LogP contribution is -2.26. The van der Waals surface area contributed by atoms with Gasteiger partial charge in [-0.05, 0) is 19.3 Å². The fraction of sp³-hybridized carbons (Fsp3) is 0.333. The van der Waals surface area contributed by atoms with Crippen molar-refractivity contribution in [2.24, 2.45) is 11.0 Å². The first-order valence-corrected chi connectivity index (χ1v) is 5.64. The Morgan fingerprint density at radius 1 is 1.17 bits per heavy atom. The number of nitrogens with zero attached hydrogens (tertiary/aromatic N) is 2. The molecule has 1 aromatic carbocycles. The molecule has 2 aliphatic rings. The second-order valence-corrected chi connectivity index (χ2v) is 4.40. The Hall–Kier alpha value is -1.85. The maximum Gasteiger partial charge on any atom is 0.256 e. The van der Waals surface area contributed by atoms with Gasteiger partial charge in [0, 0.05) is 12.1 Å². The van der Waals surface area contributed by atoms with Crippen molar-refractivity contribution in [2.75, 3.05) is 5.01 Å². The van der Waals surface area contributed by atoms with E-state index in [0.29, 0.717) is 30.7 Å². The number of rotatable bonds is 1. The zero-order chi connectivity index (χ0) is 12.9. The summed E-state index contributed by atoms with van der Waals surface area (Å²) in [5, 5.41) is 4.85. The zero-order valence-corrected chi connectivity index (χ0v) is 9.29. The average Bonchev–Trinajstić information content (AvgIpc) is 2.88. The molecule has 0 radical (unpaired) electrons. The van der Waals surface area contributed by atoms with Crippen LogP contribution >= 0.6 is 0 Å². The smallest absolute Gasteiger partial charge is 0.256 e. The Morgan fingerprint density at radius 3 is 2.61 bits per heavy atom. The van der Waals surface area contributed by atoms with E-state index in [-0.39, 0.29) is 17.5 Å². The highest BCUT2D eigenvalue weighted by molar-refractivity contribution is 6.16. The molecule has 6 heteroatoms. The molecule has 1 aliphatic carbocycles. The Labute approximate surface area is 101 Å². The highest BCUT2D eigenvalue weighted by atomic mass is 19.2. The van der Waals surface area contributed by atoms with Crippen LogP contribution in [-0.2, 0) is 4.79 Å². The van der Waals surface area contributed by atoms with Gasteiger partial charge < -0.3 is 0 Å². The van der Waals surface area contributed by atoms with Crippen LogP contribution in [0.2, 0.25) is 0 Å². The van der Waals surface area contributed by atoms with Crippen LogP contribution in [0.25, 0.3) is 0 Å². The van der Waals surface area contributed by atoms with Gasteiger partial charge in [-0.2, -0.15) is 10.1 Å². The number of hydrogen-bond acceptors (Lipinski definition) is 2. The summed E-state index contributed by atoms with van der Waals surface area (Å²) in [6.07, 6.45) is 2.25. The predicted molar refractivity (Wildman–Crippen MR) is 58.6 cm³/mol. The number of hydrogen-bond donors (Lipinski definition) is 0. The van der Waals surface area contributed by atoms with E-state index < -0.39 is 17.5 Å². The fourth-order valence-electron chi connectivity index (χ4n) is 2.39. The Morgan fingerprint density at radius 2 is 1.89 bits per heavy atom. The molecule has 1 fully saturated rings. The molecule has 1 unspecified atom stereocenters. The molecular formula is C12H9F3N2O. The number of benzene rings is 1. The molecule has 0 spiro atoms. The van der Waals surface area contributed by atoms with Gasteiger partial charge in [-0.25, -0.2) is 13.2 Å². The number of halogens is 3. The van der Waals surface area contributed by atoms with Gasteiger partial charge in [0.15, 0.2) is 17.5 Å². The van der Waals surface area contributed by atoms with E-state index >= 15 is 0 Å². The summed E-state index contributed by atoms with van der Waals surface area (Å²) in [5.74, 6) is -4.16. The third-order valence-corrected chi connectivity index (χ3v) is 3.28. The lowest BCUT2D eigenvalue weighted by Gasteiger charge is -2.14. The number of anilines is 1. The first-order valence-electron chi connectivity index (χ1n) is 5.64. The minimum atomic E-state index is -1.28. The van der Waals surface area contributed by atoms with E-state index in [1.807, 2.05) is 0 Å². The SMILES string of the molecule is O=C1C2CCCC2=NN1c1cc(F)c(F)cc1F. The summed E-state index contributed by atoms with van der Waals surface area (Å²) in [6, 6.07) is 1.08. The summed E-state index contributed by atoms with van der Waals surface area (Å²) < 4.78 is 39.5. The van der Waals surface area contributed by atoms with Crippen molar-refractivity contribution in [3.63, 3.8) is 0 Å². The normalized spacial score (nSPS) is 22.4. The van der Waals surface area contributed by atoms with E-state index in [0.717, 1.165) is 11.4 Å². The van der Waals surface area contributed by atoms with Gasteiger partial charge in [0.2, 0.25) is 0 Å². The number of fused-ring (bicyclic) bond motifs is 1. The predicted octanol–water partition coefficient (Wildman–Crippen LogP) is 2.61. The zero-order valence-electron chi connectivity index (χ0n) is 9.29. The molecular weight excluding hydrogens is 245 g/mol. The van der Waals surface area contributed by atoms with E-state index in [1.54, 1.807) is 0 Å². The van der Waals surface area contributed by atoms with Crippen LogP contribution in [0, 0.1) is 23.4 Å². The van der Waals surface area contributed by atoms with Gasteiger partial charge in [0.05, 0.1) is 11.6 Å². The van der Waals surface area contributed by atoms with Gasteiger partial charge in [0.1, 0.15) is 5.69 Å². The molecule has 0 aromatic heterocycles. The molecule has 3 rings (SSSR count). The van der Waals surface area contributed by atoms with Crippen LogP contribution in [0.5, 0.6) is 0 Å². The summed E-state index contributed by atoms with van der Waals surface area (Å²) in [4.78, 5) is 12.0. The van der Waals surface area contributed by atoms with Crippen LogP contribution in [0.1, 0.15) is 19.3 Å². The second-order valence-electron chi connectivity index (χ2n) is 4.40. The second kappa shape index (κ2) is 3.83. The Kier molecular flexibility index (Phi) is 2.39. The highest BCUT2D eigenvalue weighted by Gasteiger charge is 2.40. The fourth-order valence-corrected chi connectivity index (χ4v) is 2.39. The lowest BCUT2D eigenvalue weighted by atomic mass is 10.1. The summed E-state index contributed by atoms with van der Waals surface area (Å²) in [5.41, 5.74) is 0.366. The molecule has 18 heavy (non-hydrogen) atoms. The summed E-state index contributed by atoms with van der Waals surface area (Å²) in [6.45, 7) is 0. The third kappa shape index (κ3) is 1.52. The van der Waals surface area contributed by atoms with Crippen molar-refractivity contribution < 1.29 is 18.0 Å². The van der Waals surface area contributed by atoms with Crippen molar-refractivity contribution in [1.29, 1.82) is 0 Å². The minimum Gasteiger partial charge on any atom is -0.272 e. The molecule has 1 aromatic rings. The molecule has 0 N–H and O–H groups in total. The maximum absolute atomic E-state index is 13.6. The molecule has 1 saturated carbocycles.